The first-order valence-corrected chi connectivity index (χ1v) is 17.9. The SMILES string of the molecule is CNC(=O)C(NC(=O)C(OCc1ccc(/C=C/C(=O)OC)cc1)C(O)C(O)C(OCc1ccc(/C=C/C(=O)OC)cc1)C(=O)NC(C(=O)NC)C(C)C)C(C)C. The van der Waals surface area contributed by atoms with Crippen molar-refractivity contribution in [3.63, 3.8) is 0 Å². The maximum Gasteiger partial charge on any atom is 0.330 e. The van der Waals surface area contributed by atoms with E-state index >= 15 is 0 Å². The summed E-state index contributed by atoms with van der Waals surface area (Å²) in [4.78, 5) is 75.9. The predicted molar refractivity (Wildman–Crippen MR) is 206 cm³/mol. The molecule has 16 nitrogen and oxygen atoms in total. The molecule has 16 heteroatoms. The highest BCUT2D eigenvalue weighted by molar-refractivity contribution is 5.91. The number of likely N-dealkylation sites (N-methyl/N-ethyl adjacent to an activating group) is 2. The van der Waals surface area contributed by atoms with E-state index in [2.05, 4.69) is 30.7 Å². The second-order valence-electron chi connectivity index (χ2n) is 13.3. The molecule has 0 fully saturated rings. The van der Waals surface area contributed by atoms with E-state index in [0.29, 0.717) is 22.3 Å². The maximum absolute atomic E-state index is 13.8. The molecular formula is C40H54N4O12. The molecule has 2 aromatic carbocycles. The van der Waals surface area contributed by atoms with Gasteiger partial charge in [-0.2, -0.15) is 0 Å². The Morgan fingerprint density at radius 3 is 1.16 bits per heavy atom. The van der Waals surface area contributed by atoms with Gasteiger partial charge < -0.3 is 50.4 Å². The number of rotatable bonds is 21. The number of benzene rings is 2. The smallest absolute Gasteiger partial charge is 0.330 e. The van der Waals surface area contributed by atoms with Gasteiger partial charge >= 0.3 is 11.9 Å². The number of carbonyl (C=O) groups excluding carboxylic acids is 6. The molecule has 4 amide bonds. The van der Waals surface area contributed by atoms with Crippen molar-refractivity contribution in [1.82, 2.24) is 21.3 Å². The lowest BCUT2D eigenvalue weighted by atomic mass is 9.98. The summed E-state index contributed by atoms with van der Waals surface area (Å²) in [6, 6.07) is 11.2. The predicted octanol–water partition coefficient (Wildman–Crippen LogP) is 1.03. The fourth-order valence-electron chi connectivity index (χ4n) is 5.16. The van der Waals surface area contributed by atoms with Crippen LogP contribution in [0.3, 0.4) is 0 Å². The molecule has 0 aliphatic carbocycles. The van der Waals surface area contributed by atoms with Crippen LogP contribution in [-0.2, 0) is 60.9 Å². The van der Waals surface area contributed by atoms with Gasteiger partial charge in [0.2, 0.25) is 11.8 Å². The average molecular weight is 783 g/mol. The summed E-state index contributed by atoms with van der Waals surface area (Å²) in [6.07, 6.45) is -2.38. The van der Waals surface area contributed by atoms with Gasteiger partial charge in [-0.15, -0.1) is 0 Å². The summed E-state index contributed by atoms with van der Waals surface area (Å²) >= 11 is 0. The number of hydrogen-bond donors (Lipinski definition) is 6. The van der Waals surface area contributed by atoms with Crippen molar-refractivity contribution < 1.29 is 57.9 Å². The molecule has 0 heterocycles. The summed E-state index contributed by atoms with van der Waals surface area (Å²) in [5, 5.41) is 33.4. The molecule has 0 spiro atoms. The summed E-state index contributed by atoms with van der Waals surface area (Å²) in [5.74, 6) is -4.82. The Labute approximate surface area is 327 Å². The van der Waals surface area contributed by atoms with E-state index in [1.165, 1.54) is 52.6 Å². The first-order valence-electron chi connectivity index (χ1n) is 17.9. The molecule has 56 heavy (non-hydrogen) atoms. The number of aliphatic hydroxyl groups is 2. The van der Waals surface area contributed by atoms with Crippen LogP contribution in [0.4, 0.5) is 0 Å². The Kier molecular flexibility index (Phi) is 19.6. The first kappa shape index (κ1) is 46.7. The van der Waals surface area contributed by atoms with E-state index in [4.69, 9.17) is 9.47 Å². The Bertz CT molecular complexity index is 1550. The lowest BCUT2D eigenvalue weighted by molar-refractivity contribution is -0.171. The van der Waals surface area contributed by atoms with E-state index in [9.17, 15) is 39.0 Å². The molecule has 0 saturated heterocycles. The van der Waals surface area contributed by atoms with Crippen molar-refractivity contribution in [3.05, 3.63) is 82.9 Å². The number of esters is 2. The molecule has 0 aliphatic heterocycles. The van der Waals surface area contributed by atoms with Crippen LogP contribution in [0.15, 0.2) is 60.7 Å². The minimum atomic E-state index is -2.12. The lowest BCUT2D eigenvalue weighted by Gasteiger charge is -2.32. The molecule has 0 aliphatic rings. The van der Waals surface area contributed by atoms with E-state index in [-0.39, 0.29) is 13.2 Å². The Morgan fingerprint density at radius 1 is 0.571 bits per heavy atom. The van der Waals surface area contributed by atoms with Gasteiger partial charge in [0.15, 0.2) is 12.2 Å². The number of aliphatic hydroxyl groups excluding tert-OH is 2. The number of hydrogen-bond acceptors (Lipinski definition) is 12. The number of carbonyl (C=O) groups is 6. The van der Waals surface area contributed by atoms with Gasteiger partial charge in [0.25, 0.3) is 11.8 Å². The fraction of sp³-hybridized carbons (Fsp3) is 0.450. The van der Waals surface area contributed by atoms with Crippen molar-refractivity contribution in [2.45, 2.75) is 77.4 Å². The van der Waals surface area contributed by atoms with Crippen LogP contribution in [0.1, 0.15) is 49.9 Å². The van der Waals surface area contributed by atoms with Crippen LogP contribution in [0.25, 0.3) is 12.2 Å². The Morgan fingerprint density at radius 2 is 0.893 bits per heavy atom. The highest BCUT2D eigenvalue weighted by atomic mass is 16.5. The van der Waals surface area contributed by atoms with E-state index in [1.54, 1.807) is 76.2 Å². The van der Waals surface area contributed by atoms with Crippen molar-refractivity contribution in [2.24, 2.45) is 11.8 Å². The van der Waals surface area contributed by atoms with Crippen molar-refractivity contribution in [1.29, 1.82) is 0 Å². The van der Waals surface area contributed by atoms with Gasteiger partial charge in [-0.3, -0.25) is 19.2 Å². The molecule has 306 valence electrons. The summed E-state index contributed by atoms with van der Waals surface area (Å²) in [6.45, 7) is 6.26. The third kappa shape index (κ3) is 14.7. The topological polar surface area (TPSA) is 228 Å². The van der Waals surface area contributed by atoms with Gasteiger partial charge in [0, 0.05) is 26.2 Å². The summed E-state index contributed by atoms with van der Waals surface area (Å²) in [7, 11) is 5.31. The fourth-order valence-corrected chi connectivity index (χ4v) is 5.16. The van der Waals surface area contributed by atoms with Gasteiger partial charge in [0.1, 0.15) is 24.3 Å². The quantitative estimate of drug-likeness (QED) is 0.0771. The standard InChI is InChI=1S/C40H54N4O12/c1-23(2)31(37(49)41-5)43-39(51)35(55-21-27-13-9-25(10-14-27)17-19-29(45)53-7)33(47)34(48)36(40(52)44-32(24(3)4)38(50)42-6)56-22-28-15-11-26(12-16-28)18-20-30(46)54-8/h9-20,23-24,31-36,47-48H,21-22H2,1-8H3,(H,41,49)(H,42,50)(H,43,51)(H,44,52)/b19-17+,20-18+. The van der Waals surface area contributed by atoms with Crippen molar-refractivity contribution in [2.75, 3.05) is 28.3 Å². The molecule has 0 radical (unpaired) electrons. The van der Waals surface area contributed by atoms with Crippen LogP contribution in [0, 0.1) is 11.8 Å². The molecule has 0 saturated carbocycles. The van der Waals surface area contributed by atoms with Gasteiger partial charge in [-0.25, -0.2) is 9.59 Å². The van der Waals surface area contributed by atoms with Crippen LogP contribution in [0.5, 0.6) is 0 Å². The molecule has 6 unspecified atom stereocenters. The van der Waals surface area contributed by atoms with Crippen molar-refractivity contribution >= 4 is 47.7 Å². The average Bonchev–Trinajstić information content (AvgIpc) is 3.19. The van der Waals surface area contributed by atoms with Crippen LogP contribution in [0.2, 0.25) is 0 Å². The zero-order chi connectivity index (χ0) is 41.9. The monoisotopic (exact) mass is 782 g/mol. The first-order chi connectivity index (χ1) is 26.6. The molecule has 2 rings (SSSR count). The molecule has 6 N–H and O–H groups in total. The van der Waals surface area contributed by atoms with E-state index in [0.717, 1.165) is 0 Å². The minimum Gasteiger partial charge on any atom is -0.466 e. The van der Waals surface area contributed by atoms with Crippen LogP contribution in [-0.4, -0.2) is 111 Å². The maximum atomic E-state index is 13.8. The molecule has 0 aromatic heterocycles. The molecule has 0 bridgehead atoms. The third-order valence-corrected chi connectivity index (χ3v) is 8.52. The van der Waals surface area contributed by atoms with Crippen LogP contribution >= 0.6 is 0 Å². The largest absolute Gasteiger partial charge is 0.466 e. The van der Waals surface area contributed by atoms with Crippen molar-refractivity contribution in [3.8, 4) is 0 Å². The molecule has 2 aromatic rings. The van der Waals surface area contributed by atoms with E-state index < -0.39 is 83.9 Å². The zero-order valence-electron chi connectivity index (χ0n) is 32.9. The molecule has 6 atom stereocenters. The summed E-state index contributed by atoms with van der Waals surface area (Å²) < 4.78 is 21.0. The second-order valence-corrected chi connectivity index (χ2v) is 13.3. The number of nitrogens with one attached hydrogen (secondary N) is 4. The normalized spacial score (nSPS) is 14.7. The lowest BCUT2D eigenvalue weighted by Crippen LogP contribution is -2.60. The Balaban J connectivity index is 2.49. The molecular weight excluding hydrogens is 728 g/mol. The van der Waals surface area contributed by atoms with Crippen LogP contribution < -0.4 is 21.3 Å². The number of ether oxygens (including phenoxy) is 4. The third-order valence-electron chi connectivity index (χ3n) is 8.52. The summed E-state index contributed by atoms with van der Waals surface area (Å²) in [5.41, 5.74) is 2.38. The van der Waals surface area contributed by atoms with Gasteiger partial charge in [0.05, 0.1) is 27.4 Å². The van der Waals surface area contributed by atoms with E-state index in [1.807, 2.05) is 0 Å². The second kappa shape index (κ2) is 23.5. The van der Waals surface area contributed by atoms with Gasteiger partial charge in [-0.1, -0.05) is 76.2 Å². The number of amides is 4. The zero-order valence-corrected chi connectivity index (χ0v) is 32.9. The highest BCUT2D eigenvalue weighted by Crippen LogP contribution is 2.19. The Hall–Kier alpha value is -5.42. The number of methoxy groups -OCH3 is 2. The minimum absolute atomic E-state index is 0.268. The highest BCUT2D eigenvalue weighted by Gasteiger charge is 2.42. The van der Waals surface area contributed by atoms with Gasteiger partial charge in [-0.05, 0) is 46.2 Å².